The lowest BCUT2D eigenvalue weighted by Crippen LogP contribution is -2.50. The molecule has 25 heavy (non-hydrogen) atoms. The van der Waals surface area contributed by atoms with Crippen molar-refractivity contribution in [2.45, 2.75) is 44.7 Å². The second-order valence-corrected chi connectivity index (χ2v) is 6.84. The summed E-state index contributed by atoms with van der Waals surface area (Å²) >= 11 is 0. The van der Waals surface area contributed by atoms with E-state index < -0.39 is 11.2 Å². The van der Waals surface area contributed by atoms with Crippen LogP contribution in [-0.2, 0) is 18.9 Å². The van der Waals surface area contributed by atoms with Gasteiger partial charge < -0.3 is 9.80 Å². The van der Waals surface area contributed by atoms with Crippen molar-refractivity contribution in [1.29, 1.82) is 5.26 Å². The monoisotopic (exact) mass is 345 g/mol. The average molecular weight is 345 g/mol. The number of rotatable bonds is 2. The molecule has 0 unspecified atom stereocenters. The van der Waals surface area contributed by atoms with Gasteiger partial charge >= 0.3 is 5.69 Å². The van der Waals surface area contributed by atoms with Crippen molar-refractivity contribution in [1.82, 2.24) is 14.0 Å². The molecule has 2 aliphatic rings. The van der Waals surface area contributed by atoms with Crippen LogP contribution in [0.5, 0.6) is 0 Å². The second-order valence-electron chi connectivity index (χ2n) is 6.84. The Labute approximate surface area is 145 Å². The number of nitrogens with zero attached hydrogens (tertiary/aromatic N) is 5. The number of amides is 1. The van der Waals surface area contributed by atoms with Gasteiger partial charge in [-0.25, -0.2) is 4.79 Å². The van der Waals surface area contributed by atoms with E-state index in [1.165, 1.54) is 11.6 Å². The molecule has 8 heteroatoms. The van der Waals surface area contributed by atoms with Crippen LogP contribution in [-0.4, -0.2) is 45.1 Å². The topological polar surface area (TPSA) is 91.3 Å². The van der Waals surface area contributed by atoms with E-state index in [1.54, 1.807) is 14.0 Å². The molecule has 1 aromatic heterocycles. The van der Waals surface area contributed by atoms with Crippen LogP contribution in [0.4, 0.5) is 5.82 Å². The number of anilines is 1. The molecule has 0 saturated carbocycles. The zero-order valence-electron chi connectivity index (χ0n) is 14.9. The number of likely N-dealkylation sites (tertiary alicyclic amines) is 1. The van der Waals surface area contributed by atoms with Gasteiger partial charge in [0.15, 0.2) is 5.56 Å². The molecular formula is C17H23N5O3. The molecule has 0 N–H and O–H groups in total. The second kappa shape index (κ2) is 6.39. The Morgan fingerprint density at radius 2 is 1.72 bits per heavy atom. The molecule has 2 fully saturated rings. The van der Waals surface area contributed by atoms with Gasteiger partial charge in [-0.1, -0.05) is 0 Å². The largest absolute Gasteiger partial charge is 0.352 e. The fourth-order valence-electron chi connectivity index (χ4n) is 4.31. The number of carbonyl (C=O) groups excluding carboxylic acids is 1. The molecule has 0 aromatic carbocycles. The van der Waals surface area contributed by atoms with E-state index in [1.807, 2.05) is 15.9 Å². The van der Waals surface area contributed by atoms with Gasteiger partial charge in [-0.05, 0) is 25.7 Å². The highest BCUT2D eigenvalue weighted by Crippen LogP contribution is 2.33. The first kappa shape index (κ1) is 17.3. The molecule has 0 aliphatic carbocycles. The Balaban J connectivity index is 2.10. The first-order valence-corrected chi connectivity index (χ1v) is 8.62. The normalized spacial score (nSPS) is 23.1. The predicted molar refractivity (Wildman–Crippen MR) is 92.4 cm³/mol. The Morgan fingerprint density at radius 3 is 2.36 bits per heavy atom. The Kier molecular flexibility index (Phi) is 4.41. The molecule has 134 valence electrons. The fraction of sp³-hybridized carbons (Fsp3) is 0.647. The lowest BCUT2D eigenvalue weighted by molar-refractivity contribution is -0.129. The summed E-state index contributed by atoms with van der Waals surface area (Å²) in [7, 11) is 2.97. The van der Waals surface area contributed by atoms with E-state index in [4.69, 9.17) is 0 Å². The van der Waals surface area contributed by atoms with Gasteiger partial charge in [-0.2, -0.15) is 5.26 Å². The maximum Gasteiger partial charge on any atom is 0.332 e. The lowest BCUT2D eigenvalue weighted by atomic mass is 10.0. The van der Waals surface area contributed by atoms with Crippen LogP contribution in [0.3, 0.4) is 0 Å². The van der Waals surface area contributed by atoms with E-state index in [-0.39, 0.29) is 23.6 Å². The fourth-order valence-corrected chi connectivity index (χ4v) is 4.31. The summed E-state index contributed by atoms with van der Waals surface area (Å²) in [6.07, 6.45) is 3.64. The van der Waals surface area contributed by atoms with Crippen molar-refractivity contribution in [3.05, 3.63) is 26.4 Å². The van der Waals surface area contributed by atoms with E-state index in [0.717, 1.165) is 36.8 Å². The highest BCUT2D eigenvalue weighted by atomic mass is 16.2. The van der Waals surface area contributed by atoms with Crippen LogP contribution in [0.2, 0.25) is 0 Å². The van der Waals surface area contributed by atoms with Crippen molar-refractivity contribution >= 4 is 11.7 Å². The molecule has 0 radical (unpaired) electrons. The van der Waals surface area contributed by atoms with Crippen molar-refractivity contribution in [2.75, 3.05) is 18.0 Å². The Morgan fingerprint density at radius 1 is 1.08 bits per heavy atom. The third kappa shape index (κ3) is 2.64. The number of hydrogen-bond acceptors (Lipinski definition) is 5. The molecule has 1 amide bonds. The van der Waals surface area contributed by atoms with Crippen molar-refractivity contribution in [2.24, 2.45) is 14.1 Å². The first-order chi connectivity index (χ1) is 11.9. The molecule has 2 aliphatic heterocycles. The summed E-state index contributed by atoms with van der Waals surface area (Å²) in [5.41, 5.74) is -1.02. The highest BCUT2D eigenvalue weighted by molar-refractivity contribution is 5.74. The third-order valence-electron chi connectivity index (χ3n) is 5.46. The standard InChI is InChI=1S/C17H23N5O3/c1-11(23)21-8-4-6-13(21)14-7-5-9-22(14)15-12(10-18)16(24)20(3)17(25)19(15)2/h13-14H,4-9H2,1-3H3/t13-,14+/m1/s1. The van der Waals surface area contributed by atoms with E-state index in [2.05, 4.69) is 0 Å². The van der Waals surface area contributed by atoms with Crippen LogP contribution in [0, 0.1) is 11.3 Å². The van der Waals surface area contributed by atoms with Crippen LogP contribution >= 0.6 is 0 Å². The number of nitriles is 1. The van der Waals surface area contributed by atoms with Crippen molar-refractivity contribution in [3.63, 3.8) is 0 Å². The van der Waals surface area contributed by atoms with Crippen molar-refractivity contribution in [3.8, 4) is 6.07 Å². The van der Waals surface area contributed by atoms with Gasteiger partial charge in [0, 0.05) is 34.1 Å². The molecule has 3 heterocycles. The Bertz CT molecular complexity index is 863. The average Bonchev–Trinajstić information content (AvgIpc) is 3.24. The zero-order valence-corrected chi connectivity index (χ0v) is 14.9. The maximum absolute atomic E-state index is 12.4. The van der Waals surface area contributed by atoms with Crippen LogP contribution in [0.15, 0.2) is 9.59 Å². The minimum Gasteiger partial charge on any atom is -0.352 e. The van der Waals surface area contributed by atoms with Gasteiger partial charge in [0.05, 0.1) is 12.1 Å². The van der Waals surface area contributed by atoms with Crippen LogP contribution in [0.25, 0.3) is 0 Å². The van der Waals surface area contributed by atoms with Gasteiger partial charge in [0.2, 0.25) is 5.91 Å². The van der Waals surface area contributed by atoms with Crippen LogP contribution < -0.4 is 16.1 Å². The molecule has 8 nitrogen and oxygen atoms in total. The number of hydrogen-bond donors (Lipinski definition) is 0. The summed E-state index contributed by atoms with van der Waals surface area (Å²) in [5, 5.41) is 9.52. The number of aromatic nitrogens is 2. The van der Waals surface area contributed by atoms with E-state index in [9.17, 15) is 19.6 Å². The number of carbonyl (C=O) groups is 1. The SMILES string of the molecule is CC(=O)N1CCC[C@@H]1[C@@H]1CCCN1c1c(C#N)c(=O)n(C)c(=O)n1C. The van der Waals surface area contributed by atoms with E-state index >= 15 is 0 Å². The molecule has 2 atom stereocenters. The van der Waals surface area contributed by atoms with Crippen molar-refractivity contribution < 1.29 is 4.79 Å². The lowest BCUT2D eigenvalue weighted by Gasteiger charge is -2.36. The molecule has 2 saturated heterocycles. The minimum absolute atomic E-state index is 0.0103. The minimum atomic E-state index is -0.568. The smallest absolute Gasteiger partial charge is 0.332 e. The highest BCUT2D eigenvalue weighted by Gasteiger charge is 2.40. The summed E-state index contributed by atoms with van der Waals surface area (Å²) in [6, 6.07) is 2.06. The van der Waals surface area contributed by atoms with Gasteiger partial charge in [-0.3, -0.25) is 18.7 Å². The van der Waals surface area contributed by atoms with E-state index in [0.29, 0.717) is 12.4 Å². The quantitative estimate of drug-likeness (QED) is 0.749. The zero-order chi connectivity index (χ0) is 18.3. The summed E-state index contributed by atoms with van der Waals surface area (Å²) in [4.78, 5) is 40.6. The predicted octanol–water partition coefficient (Wildman–Crippen LogP) is -0.0646. The third-order valence-corrected chi connectivity index (χ3v) is 5.46. The molecule has 0 bridgehead atoms. The summed E-state index contributed by atoms with van der Waals surface area (Å²) < 4.78 is 2.34. The maximum atomic E-state index is 12.4. The molecule has 1 aromatic rings. The Hall–Kier alpha value is -2.56. The molecule has 3 rings (SSSR count). The molecule has 0 spiro atoms. The summed E-state index contributed by atoms with van der Waals surface area (Å²) in [6.45, 7) is 2.99. The first-order valence-electron chi connectivity index (χ1n) is 8.62. The van der Waals surface area contributed by atoms with Gasteiger partial charge in [0.1, 0.15) is 11.9 Å². The molecular weight excluding hydrogens is 322 g/mol. The van der Waals surface area contributed by atoms with Gasteiger partial charge in [0.25, 0.3) is 5.56 Å². The summed E-state index contributed by atoms with van der Waals surface area (Å²) in [5.74, 6) is 0.432. The van der Waals surface area contributed by atoms with Crippen LogP contribution in [0.1, 0.15) is 38.2 Å². The van der Waals surface area contributed by atoms with Gasteiger partial charge in [-0.15, -0.1) is 0 Å².